The Morgan fingerprint density at radius 2 is 1.38 bits per heavy atom. The van der Waals surface area contributed by atoms with Gasteiger partial charge in [-0.1, -0.05) is 113 Å². The summed E-state index contributed by atoms with van der Waals surface area (Å²) in [6.07, 6.45) is 0.447. The second-order valence-electron chi connectivity index (χ2n) is 7.76. The van der Waals surface area contributed by atoms with Crippen molar-refractivity contribution in [2.45, 2.75) is 19.1 Å². The van der Waals surface area contributed by atoms with Gasteiger partial charge in [0.05, 0.1) is 5.71 Å². The lowest BCUT2D eigenvalue weighted by molar-refractivity contribution is -0.146. The standard InChI is InChI=1S/C29H23BrINO2/c30-25-17-16-24(26(31)19-25)18-27(29(33)34-20-21-10-4-1-5-11-21)32-28(22-12-6-2-7-13-22)23-14-8-3-9-15-23/h1-17,19,27H,18,20H2. The van der Waals surface area contributed by atoms with E-state index in [-0.39, 0.29) is 12.6 Å². The van der Waals surface area contributed by atoms with Crippen molar-refractivity contribution in [2.75, 3.05) is 0 Å². The Morgan fingerprint density at radius 3 is 1.94 bits per heavy atom. The highest BCUT2D eigenvalue weighted by Gasteiger charge is 2.23. The first kappa shape index (κ1) is 24.4. The largest absolute Gasteiger partial charge is 0.459 e. The van der Waals surface area contributed by atoms with E-state index in [0.717, 1.165) is 36.0 Å². The minimum atomic E-state index is -0.686. The lowest BCUT2D eigenvalue weighted by atomic mass is 10.0. The Morgan fingerprint density at radius 1 is 0.824 bits per heavy atom. The molecule has 0 saturated carbocycles. The number of carbonyl (C=O) groups is 1. The molecule has 0 aliphatic carbocycles. The zero-order valence-corrected chi connectivity index (χ0v) is 22.1. The van der Waals surface area contributed by atoms with Crippen molar-refractivity contribution in [3.8, 4) is 0 Å². The number of esters is 1. The van der Waals surface area contributed by atoms with Crippen LogP contribution in [0.5, 0.6) is 0 Å². The SMILES string of the molecule is O=C(OCc1ccccc1)C(Cc1ccc(Br)cc1I)N=C(c1ccccc1)c1ccccc1. The van der Waals surface area contributed by atoms with Gasteiger partial charge in [-0.15, -0.1) is 0 Å². The number of nitrogens with zero attached hydrogens (tertiary/aromatic N) is 1. The van der Waals surface area contributed by atoms with Crippen LogP contribution in [0.3, 0.4) is 0 Å². The minimum Gasteiger partial charge on any atom is -0.459 e. The van der Waals surface area contributed by atoms with Crippen molar-refractivity contribution in [3.63, 3.8) is 0 Å². The number of aliphatic imine (C=N–C) groups is 1. The summed E-state index contributed by atoms with van der Waals surface area (Å²) in [4.78, 5) is 18.4. The summed E-state index contributed by atoms with van der Waals surface area (Å²) in [7, 11) is 0. The van der Waals surface area contributed by atoms with Gasteiger partial charge >= 0.3 is 5.97 Å². The number of benzene rings is 4. The highest BCUT2D eigenvalue weighted by molar-refractivity contribution is 14.1. The van der Waals surface area contributed by atoms with Crippen LogP contribution in [0.25, 0.3) is 0 Å². The molecule has 0 fully saturated rings. The van der Waals surface area contributed by atoms with Crippen LogP contribution >= 0.6 is 38.5 Å². The summed E-state index contributed by atoms with van der Waals surface area (Å²) in [6.45, 7) is 0.217. The average molecular weight is 624 g/mol. The van der Waals surface area contributed by atoms with Crippen LogP contribution in [0, 0.1) is 3.57 Å². The first-order valence-corrected chi connectivity index (χ1v) is 12.8. The molecule has 3 nitrogen and oxygen atoms in total. The number of hydrogen-bond acceptors (Lipinski definition) is 3. The topological polar surface area (TPSA) is 38.7 Å². The maximum absolute atomic E-state index is 13.4. The molecule has 0 amide bonds. The Labute approximate surface area is 222 Å². The fourth-order valence-electron chi connectivity index (χ4n) is 3.57. The highest BCUT2D eigenvalue weighted by Crippen LogP contribution is 2.22. The van der Waals surface area contributed by atoms with Gasteiger partial charge in [0.15, 0.2) is 6.04 Å². The van der Waals surface area contributed by atoms with E-state index < -0.39 is 6.04 Å². The zero-order valence-electron chi connectivity index (χ0n) is 18.4. The monoisotopic (exact) mass is 623 g/mol. The second kappa shape index (κ2) is 12.1. The molecule has 0 aliphatic heterocycles. The van der Waals surface area contributed by atoms with E-state index in [0.29, 0.717) is 6.42 Å². The van der Waals surface area contributed by atoms with Gasteiger partial charge < -0.3 is 4.74 Å². The first-order chi connectivity index (χ1) is 16.6. The molecular weight excluding hydrogens is 601 g/mol. The molecule has 4 rings (SSSR count). The maximum Gasteiger partial charge on any atom is 0.331 e. The highest BCUT2D eigenvalue weighted by atomic mass is 127. The molecule has 5 heteroatoms. The number of carbonyl (C=O) groups excluding carboxylic acids is 1. The summed E-state index contributed by atoms with van der Waals surface area (Å²) in [6, 6.07) is 35.0. The molecule has 4 aromatic rings. The normalized spacial score (nSPS) is 11.5. The van der Waals surface area contributed by atoms with Gasteiger partial charge in [-0.05, 0) is 45.9 Å². The minimum absolute atomic E-state index is 0.217. The van der Waals surface area contributed by atoms with E-state index in [1.807, 2.05) is 109 Å². The van der Waals surface area contributed by atoms with Gasteiger partial charge in [-0.25, -0.2) is 4.79 Å². The molecule has 1 atom stereocenters. The molecule has 0 saturated heterocycles. The third-order valence-corrected chi connectivity index (χ3v) is 6.80. The van der Waals surface area contributed by atoms with Crippen molar-refractivity contribution >= 4 is 50.2 Å². The van der Waals surface area contributed by atoms with Crippen molar-refractivity contribution in [2.24, 2.45) is 4.99 Å². The second-order valence-corrected chi connectivity index (χ2v) is 9.84. The molecule has 0 spiro atoms. The van der Waals surface area contributed by atoms with Crippen LogP contribution in [0.2, 0.25) is 0 Å². The van der Waals surface area contributed by atoms with Crippen LogP contribution in [-0.2, 0) is 22.6 Å². The molecule has 34 heavy (non-hydrogen) atoms. The Hall–Kier alpha value is -2.77. The third-order valence-electron chi connectivity index (χ3n) is 5.30. The Kier molecular flexibility index (Phi) is 8.66. The summed E-state index contributed by atoms with van der Waals surface area (Å²) in [5, 5.41) is 0. The number of ether oxygens (including phenoxy) is 1. The fraction of sp³-hybridized carbons (Fsp3) is 0.103. The average Bonchev–Trinajstić information content (AvgIpc) is 2.88. The lowest BCUT2D eigenvalue weighted by Gasteiger charge is -2.17. The summed E-state index contributed by atoms with van der Waals surface area (Å²) >= 11 is 5.82. The van der Waals surface area contributed by atoms with Crippen LogP contribution in [0.1, 0.15) is 22.3 Å². The number of rotatable bonds is 8. The molecule has 0 bridgehead atoms. The number of hydrogen-bond donors (Lipinski definition) is 0. The summed E-state index contributed by atoms with van der Waals surface area (Å²) in [5.41, 5.74) is 4.69. The fourth-order valence-corrected chi connectivity index (χ4v) is 5.09. The van der Waals surface area contributed by atoms with Gasteiger partial charge in [0.1, 0.15) is 6.61 Å². The smallest absolute Gasteiger partial charge is 0.331 e. The van der Waals surface area contributed by atoms with E-state index in [1.165, 1.54) is 0 Å². The summed E-state index contributed by atoms with van der Waals surface area (Å²) < 4.78 is 7.82. The zero-order chi connectivity index (χ0) is 23.8. The molecule has 170 valence electrons. The van der Waals surface area contributed by atoms with Crippen LogP contribution in [0.4, 0.5) is 0 Å². The van der Waals surface area contributed by atoms with E-state index in [2.05, 4.69) is 38.5 Å². The van der Waals surface area contributed by atoms with Gasteiger partial charge in [0, 0.05) is 25.6 Å². The Bertz CT molecular complexity index is 1220. The van der Waals surface area contributed by atoms with Crippen LogP contribution < -0.4 is 0 Å². The van der Waals surface area contributed by atoms with E-state index in [9.17, 15) is 4.79 Å². The molecule has 0 N–H and O–H groups in total. The van der Waals surface area contributed by atoms with Crippen LogP contribution in [-0.4, -0.2) is 17.7 Å². The number of halogens is 2. The van der Waals surface area contributed by atoms with Crippen molar-refractivity contribution in [1.29, 1.82) is 0 Å². The molecule has 0 aliphatic rings. The third kappa shape index (κ3) is 6.64. The Balaban J connectivity index is 1.71. The quantitative estimate of drug-likeness (QED) is 0.118. The van der Waals surface area contributed by atoms with E-state index >= 15 is 0 Å². The van der Waals surface area contributed by atoms with E-state index in [4.69, 9.17) is 9.73 Å². The van der Waals surface area contributed by atoms with E-state index in [1.54, 1.807) is 0 Å². The molecule has 4 aromatic carbocycles. The summed E-state index contributed by atoms with van der Waals surface area (Å²) in [5.74, 6) is -0.341. The molecular formula is C29H23BrINO2. The van der Waals surface area contributed by atoms with Crippen molar-refractivity contribution in [1.82, 2.24) is 0 Å². The van der Waals surface area contributed by atoms with Gasteiger partial charge in [-0.2, -0.15) is 0 Å². The van der Waals surface area contributed by atoms with Gasteiger partial charge in [0.25, 0.3) is 0 Å². The predicted molar refractivity (Wildman–Crippen MR) is 149 cm³/mol. The first-order valence-electron chi connectivity index (χ1n) is 10.9. The molecule has 0 heterocycles. The van der Waals surface area contributed by atoms with Gasteiger partial charge in [-0.3, -0.25) is 4.99 Å². The predicted octanol–water partition coefficient (Wildman–Crippen LogP) is 7.25. The molecule has 0 radical (unpaired) electrons. The van der Waals surface area contributed by atoms with Gasteiger partial charge in [0.2, 0.25) is 0 Å². The maximum atomic E-state index is 13.4. The lowest BCUT2D eigenvalue weighted by Crippen LogP contribution is -2.26. The van der Waals surface area contributed by atoms with Crippen molar-refractivity contribution in [3.05, 3.63) is 139 Å². The molecule has 0 aromatic heterocycles. The molecule has 1 unspecified atom stereocenters. The van der Waals surface area contributed by atoms with Crippen molar-refractivity contribution < 1.29 is 9.53 Å². The van der Waals surface area contributed by atoms with Crippen LogP contribution in [0.15, 0.2) is 119 Å².